The minimum atomic E-state index is -0.0412. The predicted molar refractivity (Wildman–Crippen MR) is 60.6 cm³/mol. The summed E-state index contributed by atoms with van der Waals surface area (Å²) in [5.41, 5.74) is 1.07. The molecule has 0 aromatic carbocycles. The van der Waals surface area contributed by atoms with E-state index in [9.17, 15) is 5.11 Å². The molecule has 14 heavy (non-hydrogen) atoms. The van der Waals surface area contributed by atoms with Gasteiger partial charge in [0, 0.05) is 12.0 Å². The average Bonchev–Trinajstić information content (AvgIpc) is 2.50. The lowest BCUT2D eigenvalue weighted by Gasteiger charge is -2.30. The Morgan fingerprint density at radius 3 is 2.57 bits per heavy atom. The van der Waals surface area contributed by atoms with Crippen LogP contribution in [-0.2, 0) is 6.42 Å². The number of aromatic nitrogens is 1. The lowest BCUT2D eigenvalue weighted by atomic mass is 9.76. The van der Waals surface area contributed by atoms with Crippen LogP contribution in [-0.4, -0.2) is 16.7 Å². The molecule has 3 heteroatoms. The van der Waals surface area contributed by atoms with Crippen LogP contribution in [0.4, 0.5) is 0 Å². The maximum Gasteiger partial charge on any atom is 0.0897 e. The van der Waals surface area contributed by atoms with Gasteiger partial charge in [-0.3, -0.25) is 0 Å². The molecule has 0 spiro atoms. The van der Waals surface area contributed by atoms with Crippen LogP contribution in [0.25, 0.3) is 0 Å². The molecule has 0 fully saturated rings. The molecule has 0 saturated carbocycles. The van der Waals surface area contributed by atoms with Crippen molar-refractivity contribution in [2.24, 2.45) is 11.3 Å². The van der Waals surface area contributed by atoms with E-state index in [1.807, 2.05) is 6.92 Å². The fourth-order valence-corrected chi connectivity index (χ4v) is 1.96. The summed E-state index contributed by atoms with van der Waals surface area (Å²) in [6.45, 7) is 8.65. The number of aryl methyl sites for hydroxylation is 1. The second kappa shape index (κ2) is 4.41. The van der Waals surface area contributed by atoms with Gasteiger partial charge in [-0.2, -0.15) is 0 Å². The summed E-state index contributed by atoms with van der Waals surface area (Å²) >= 11 is 1.67. The van der Waals surface area contributed by atoms with Gasteiger partial charge in [-0.1, -0.05) is 20.8 Å². The van der Waals surface area contributed by atoms with E-state index in [2.05, 4.69) is 31.1 Å². The maximum atomic E-state index is 9.40. The molecule has 0 bridgehead atoms. The molecule has 1 N–H and O–H groups in total. The predicted octanol–water partition coefficient (Wildman–Crippen LogP) is 2.65. The Balaban J connectivity index is 2.75. The quantitative estimate of drug-likeness (QED) is 0.834. The van der Waals surface area contributed by atoms with Gasteiger partial charge < -0.3 is 5.11 Å². The molecule has 1 rings (SSSR count). The summed E-state index contributed by atoms with van der Waals surface area (Å²) < 4.78 is 0. The molecule has 0 aliphatic rings. The summed E-state index contributed by atoms with van der Waals surface area (Å²) in [5.74, 6) is 0.467. The molecule has 80 valence electrons. The molecule has 0 aliphatic heterocycles. The zero-order valence-electron chi connectivity index (χ0n) is 9.37. The van der Waals surface area contributed by atoms with E-state index < -0.39 is 0 Å². The number of rotatable bonds is 4. The van der Waals surface area contributed by atoms with Gasteiger partial charge in [0.05, 0.1) is 10.7 Å². The van der Waals surface area contributed by atoms with E-state index in [-0.39, 0.29) is 12.0 Å². The Kier molecular flexibility index (Phi) is 3.67. The van der Waals surface area contributed by atoms with Crippen LogP contribution in [0.2, 0.25) is 0 Å². The topological polar surface area (TPSA) is 33.1 Å². The first-order valence-electron chi connectivity index (χ1n) is 5.00. The SMILES string of the molecule is Cc1nc(CC(C)(CO)C(C)C)cs1. The minimum absolute atomic E-state index is 0.0412. The van der Waals surface area contributed by atoms with Gasteiger partial charge in [0.15, 0.2) is 0 Å². The number of nitrogens with zero attached hydrogens (tertiary/aromatic N) is 1. The van der Waals surface area contributed by atoms with Crippen molar-refractivity contribution in [1.29, 1.82) is 0 Å². The Hall–Kier alpha value is -0.410. The first kappa shape index (κ1) is 11.7. The molecule has 2 nitrogen and oxygen atoms in total. The highest BCUT2D eigenvalue weighted by Crippen LogP contribution is 2.30. The number of hydrogen-bond acceptors (Lipinski definition) is 3. The van der Waals surface area contributed by atoms with Crippen molar-refractivity contribution in [2.75, 3.05) is 6.61 Å². The standard InChI is InChI=1S/C11H19NOS/c1-8(2)11(4,7-13)5-10-6-14-9(3)12-10/h6,8,13H,5,7H2,1-4H3. The normalized spacial score (nSPS) is 15.9. The van der Waals surface area contributed by atoms with E-state index in [0.717, 1.165) is 17.1 Å². The van der Waals surface area contributed by atoms with E-state index in [1.165, 1.54) is 0 Å². The van der Waals surface area contributed by atoms with Gasteiger partial charge in [0.25, 0.3) is 0 Å². The van der Waals surface area contributed by atoms with Crippen molar-refractivity contribution < 1.29 is 5.11 Å². The van der Waals surface area contributed by atoms with E-state index in [0.29, 0.717) is 5.92 Å². The van der Waals surface area contributed by atoms with Crippen molar-refractivity contribution in [3.05, 3.63) is 16.1 Å². The van der Waals surface area contributed by atoms with E-state index >= 15 is 0 Å². The van der Waals surface area contributed by atoms with Crippen molar-refractivity contribution in [2.45, 2.75) is 34.1 Å². The molecule has 1 unspecified atom stereocenters. The van der Waals surface area contributed by atoms with Crippen LogP contribution < -0.4 is 0 Å². The van der Waals surface area contributed by atoms with Crippen LogP contribution in [0.1, 0.15) is 31.5 Å². The van der Waals surface area contributed by atoms with Gasteiger partial charge >= 0.3 is 0 Å². The zero-order chi connectivity index (χ0) is 10.8. The first-order chi connectivity index (χ1) is 6.48. The van der Waals surface area contributed by atoms with Gasteiger partial charge in [-0.15, -0.1) is 11.3 Å². The highest BCUT2D eigenvalue weighted by atomic mass is 32.1. The highest BCUT2D eigenvalue weighted by molar-refractivity contribution is 7.09. The third-order valence-corrected chi connectivity index (χ3v) is 3.83. The smallest absolute Gasteiger partial charge is 0.0897 e. The third-order valence-electron chi connectivity index (χ3n) is 3.01. The van der Waals surface area contributed by atoms with Crippen molar-refractivity contribution >= 4 is 11.3 Å². The number of aliphatic hydroxyl groups excluding tert-OH is 1. The van der Waals surface area contributed by atoms with Crippen LogP contribution >= 0.6 is 11.3 Å². The summed E-state index contributed by atoms with van der Waals surface area (Å²) in [6, 6.07) is 0. The fourth-order valence-electron chi connectivity index (χ4n) is 1.35. The molecule has 1 heterocycles. The molecular weight excluding hydrogens is 194 g/mol. The van der Waals surface area contributed by atoms with E-state index in [4.69, 9.17) is 0 Å². The monoisotopic (exact) mass is 213 g/mol. The summed E-state index contributed by atoms with van der Waals surface area (Å²) in [7, 11) is 0. The molecule has 1 aromatic heterocycles. The first-order valence-corrected chi connectivity index (χ1v) is 5.88. The highest BCUT2D eigenvalue weighted by Gasteiger charge is 2.28. The molecule has 0 radical (unpaired) electrons. The van der Waals surface area contributed by atoms with Crippen molar-refractivity contribution in [3.8, 4) is 0 Å². The number of hydrogen-bond donors (Lipinski definition) is 1. The third kappa shape index (κ3) is 2.55. The van der Waals surface area contributed by atoms with Crippen molar-refractivity contribution in [3.63, 3.8) is 0 Å². The second-order valence-corrected chi connectivity index (χ2v) is 5.56. The van der Waals surface area contributed by atoms with Gasteiger partial charge in [0.2, 0.25) is 0 Å². The summed E-state index contributed by atoms with van der Waals surface area (Å²) in [4.78, 5) is 4.43. The average molecular weight is 213 g/mol. The number of aliphatic hydroxyl groups is 1. The number of thiazole rings is 1. The van der Waals surface area contributed by atoms with Gasteiger partial charge in [-0.05, 0) is 24.7 Å². The molecular formula is C11H19NOS. The van der Waals surface area contributed by atoms with Gasteiger partial charge in [-0.25, -0.2) is 4.98 Å². The lowest BCUT2D eigenvalue weighted by Crippen LogP contribution is -2.30. The lowest BCUT2D eigenvalue weighted by molar-refractivity contribution is 0.0939. The van der Waals surface area contributed by atoms with Crippen LogP contribution in [0, 0.1) is 18.3 Å². The second-order valence-electron chi connectivity index (χ2n) is 4.50. The minimum Gasteiger partial charge on any atom is -0.396 e. The van der Waals surface area contributed by atoms with Gasteiger partial charge in [0.1, 0.15) is 0 Å². The Morgan fingerprint density at radius 2 is 2.21 bits per heavy atom. The molecule has 1 aromatic rings. The Bertz CT molecular complexity index is 295. The molecule has 0 saturated heterocycles. The molecule has 0 amide bonds. The molecule has 0 aliphatic carbocycles. The van der Waals surface area contributed by atoms with Crippen LogP contribution in [0.5, 0.6) is 0 Å². The summed E-state index contributed by atoms with van der Waals surface area (Å²) in [6.07, 6.45) is 0.867. The largest absolute Gasteiger partial charge is 0.396 e. The van der Waals surface area contributed by atoms with Crippen LogP contribution in [0.3, 0.4) is 0 Å². The molecule has 1 atom stereocenters. The van der Waals surface area contributed by atoms with Crippen molar-refractivity contribution in [1.82, 2.24) is 4.98 Å². The van der Waals surface area contributed by atoms with Crippen LogP contribution in [0.15, 0.2) is 5.38 Å². The zero-order valence-corrected chi connectivity index (χ0v) is 10.2. The fraction of sp³-hybridized carbons (Fsp3) is 0.727. The Labute approximate surface area is 90.0 Å². The maximum absolute atomic E-state index is 9.40. The Morgan fingerprint density at radius 1 is 1.57 bits per heavy atom. The summed E-state index contributed by atoms with van der Waals surface area (Å²) in [5, 5.41) is 12.6. The van der Waals surface area contributed by atoms with E-state index in [1.54, 1.807) is 11.3 Å².